The van der Waals surface area contributed by atoms with E-state index < -0.39 is 0 Å². The van der Waals surface area contributed by atoms with Crippen LogP contribution in [-0.4, -0.2) is 18.0 Å². The molecule has 0 bridgehead atoms. The zero-order chi connectivity index (χ0) is 20.1. The van der Waals surface area contributed by atoms with E-state index in [0.717, 1.165) is 27.6 Å². The van der Waals surface area contributed by atoms with Crippen molar-refractivity contribution in [1.82, 2.24) is 10.3 Å². The molecule has 28 heavy (non-hydrogen) atoms. The highest BCUT2D eigenvalue weighted by Crippen LogP contribution is 2.26. The van der Waals surface area contributed by atoms with Crippen LogP contribution >= 0.6 is 11.3 Å². The molecule has 1 unspecified atom stereocenters. The molecule has 0 spiro atoms. The molecule has 1 atom stereocenters. The van der Waals surface area contributed by atoms with Gasteiger partial charge in [0, 0.05) is 16.5 Å². The first-order valence-electron chi connectivity index (χ1n) is 9.05. The largest absolute Gasteiger partial charge is 0.496 e. The summed E-state index contributed by atoms with van der Waals surface area (Å²) in [6.07, 6.45) is 0. The second-order valence-corrected chi connectivity index (χ2v) is 7.68. The quantitative estimate of drug-likeness (QED) is 0.621. The van der Waals surface area contributed by atoms with Gasteiger partial charge in [0.1, 0.15) is 18.1 Å². The van der Waals surface area contributed by atoms with Crippen molar-refractivity contribution in [2.75, 3.05) is 7.11 Å². The minimum atomic E-state index is -0.190. The van der Waals surface area contributed by atoms with Crippen molar-refractivity contribution in [2.24, 2.45) is 0 Å². The summed E-state index contributed by atoms with van der Waals surface area (Å²) >= 11 is 1.59. The maximum Gasteiger partial charge on any atom is 0.251 e. The van der Waals surface area contributed by atoms with Crippen LogP contribution in [0.15, 0.2) is 47.8 Å². The monoisotopic (exact) mass is 396 g/mol. The Balaban J connectivity index is 1.68. The number of thiazole rings is 1. The fraction of sp³-hybridized carbons (Fsp3) is 0.273. The predicted octanol–water partition coefficient (Wildman–Crippen LogP) is 4.84. The molecule has 0 aliphatic rings. The fourth-order valence-corrected chi connectivity index (χ4v) is 3.51. The van der Waals surface area contributed by atoms with Gasteiger partial charge in [-0.3, -0.25) is 4.79 Å². The number of carbonyl (C=O) groups excluding carboxylic acids is 1. The van der Waals surface area contributed by atoms with Crippen molar-refractivity contribution >= 4 is 17.2 Å². The summed E-state index contributed by atoms with van der Waals surface area (Å²) < 4.78 is 11.2. The number of nitrogens with zero attached hydrogens (tertiary/aromatic N) is 1. The smallest absolute Gasteiger partial charge is 0.251 e. The van der Waals surface area contributed by atoms with Gasteiger partial charge in [-0.05, 0) is 45.0 Å². The van der Waals surface area contributed by atoms with Gasteiger partial charge >= 0.3 is 0 Å². The van der Waals surface area contributed by atoms with E-state index >= 15 is 0 Å². The van der Waals surface area contributed by atoms with Gasteiger partial charge in [0.25, 0.3) is 5.91 Å². The molecule has 0 aliphatic heterocycles. The summed E-state index contributed by atoms with van der Waals surface area (Å²) in [6.45, 7) is 6.30. The molecule has 6 heteroatoms. The van der Waals surface area contributed by atoms with Gasteiger partial charge in [0.05, 0.1) is 23.9 Å². The van der Waals surface area contributed by atoms with Gasteiger partial charge in [0.15, 0.2) is 0 Å². The summed E-state index contributed by atoms with van der Waals surface area (Å²) in [6, 6.07) is 12.9. The Morgan fingerprint density at radius 2 is 2.04 bits per heavy atom. The average Bonchev–Trinajstić information content (AvgIpc) is 3.11. The van der Waals surface area contributed by atoms with Crippen LogP contribution in [0.4, 0.5) is 0 Å². The topological polar surface area (TPSA) is 60.5 Å². The number of hydrogen-bond acceptors (Lipinski definition) is 5. The van der Waals surface area contributed by atoms with E-state index in [0.29, 0.717) is 17.9 Å². The summed E-state index contributed by atoms with van der Waals surface area (Å²) in [5, 5.41) is 6.02. The third-order valence-corrected chi connectivity index (χ3v) is 5.17. The zero-order valence-electron chi connectivity index (χ0n) is 16.5. The van der Waals surface area contributed by atoms with Gasteiger partial charge in [-0.2, -0.15) is 0 Å². The number of carbonyl (C=O) groups is 1. The third-order valence-electron chi connectivity index (χ3n) is 4.35. The normalized spacial score (nSPS) is 11.7. The van der Waals surface area contributed by atoms with Crippen molar-refractivity contribution < 1.29 is 14.3 Å². The Morgan fingerprint density at radius 3 is 2.75 bits per heavy atom. The van der Waals surface area contributed by atoms with E-state index in [9.17, 15) is 4.79 Å². The SMILES string of the molecule is COc1ccc(C)cc1C(C)NC(=O)c1cccc(OCc2csc(C)n2)c1. The molecule has 3 aromatic rings. The highest BCUT2D eigenvalue weighted by Gasteiger charge is 2.16. The number of hydrogen-bond donors (Lipinski definition) is 1. The number of methoxy groups -OCH3 is 1. The molecule has 0 saturated carbocycles. The highest BCUT2D eigenvalue weighted by molar-refractivity contribution is 7.09. The summed E-state index contributed by atoms with van der Waals surface area (Å²) in [7, 11) is 1.63. The van der Waals surface area contributed by atoms with E-state index in [2.05, 4.69) is 10.3 Å². The number of aryl methyl sites for hydroxylation is 2. The number of benzene rings is 2. The molecule has 2 aromatic carbocycles. The molecule has 0 fully saturated rings. The van der Waals surface area contributed by atoms with Crippen molar-refractivity contribution in [2.45, 2.75) is 33.4 Å². The molecule has 146 valence electrons. The maximum atomic E-state index is 12.7. The van der Waals surface area contributed by atoms with E-state index in [1.54, 1.807) is 30.6 Å². The van der Waals surface area contributed by atoms with Crippen LogP contribution in [-0.2, 0) is 6.61 Å². The van der Waals surface area contributed by atoms with Gasteiger partial charge in [-0.15, -0.1) is 11.3 Å². The molecule has 0 saturated heterocycles. The molecular weight excluding hydrogens is 372 g/mol. The lowest BCUT2D eigenvalue weighted by Gasteiger charge is -2.18. The molecule has 1 N–H and O–H groups in total. The van der Waals surface area contributed by atoms with Crippen LogP contribution < -0.4 is 14.8 Å². The fourth-order valence-electron chi connectivity index (χ4n) is 2.91. The molecule has 5 nitrogen and oxygen atoms in total. The third kappa shape index (κ3) is 4.89. The molecular formula is C22H24N2O3S. The molecule has 1 heterocycles. The van der Waals surface area contributed by atoms with Crippen LogP contribution in [0, 0.1) is 13.8 Å². The number of nitrogens with one attached hydrogen (secondary N) is 1. The Labute approximate surface area is 169 Å². The molecule has 1 aromatic heterocycles. The first-order valence-corrected chi connectivity index (χ1v) is 9.93. The van der Waals surface area contributed by atoms with Crippen molar-refractivity contribution in [3.63, 3.8) is 0 Å². The van der Waals surface area contributed by atoms with Crippen molar-refractivity contribution in [3.05, 3.63) is 75.2 Å². The lowest BCUT2D eigenvalue weighted by molar-refractivity contribution is 0.0939. The minimum Gasteiger partial charge on any atom is -0.496 e. The zero-order valence-corrected chi connectivity index (χ0v) is 17.3. The second-order valence-electron chi connectivity index (χ2n) is 6.61. The van der Waals surface area contributed by atoms with E-state index in [4.69, 9.17) is 9.47 Å². The van der Waals surface area contributed by atoms with E-state index in [1.165, 1.54) is 0 Å². The van der Waals surface area contributed by atoms with Gasteiger partial charge in [-0.1, -0.05) is 23.8 Å². The summed E-state index contributed by atoms with van der Waals surface area (Å²) in [5.41, 5.74) is 3.50. The maximum absolute atomic E-state index is 12.7. The van der Waals surface area contributed by atoms with Gasteiger partial charge < -0.3 is 14.8 Å². The summed E-state index contributed by atoms with van der Waals surface area (Å²) in [5.74, 6) is 1.24. The summed E-state index contributed by atoms with van der Waals surface area (Å²) in [4.78, 5) is 17.1. The highest BCUT2D eigenvalue weighted by atomic mass is 32.1. The Hall–Kier alpha value is -2.86. The lowest BCUT2D eigenvalue weighted by atomic mass is 10.0. The van der Waals surface area contributed by atoms with Crippen LogP contribution in [0.3, 0.4) is 0 Å². The van der Waals surface area contributed by atoms with Crippen LogP contribution in [0.1, 0.15) is 45.2 Å². The van der Waals surface area contributed by atoms with E-state index in [-0.39, 0.29) is 11.9 Å². The van der Waals surface area contributed by atoms with Crippen molar-refractivity contribution in [1.29, 1.82) is 0 Å². The Morgan fingerprint density at radius 1 is 1.21 bits per heavy atom. The minimum absolute atomic E-state index is 0.161. The molecule has 3 rings (SSSR count). The van der Waals surface area contributed by atoms with Gasteiger partial charge in [-0.25, -0.2) is 4.98 Å². The van der Waals surface area contributed by atoms with Crippen LogP contribution in [0.2, 0.25) is 0 Å². The second kappa shape index (κ2) is 8.89. The van der Waals surface area contributed by atoms with Crippen LogP contribution in [0.5, 0.6) is 11.5 Å². The first-order chi connectivity index (χ1) is 13.5. The number of aromatic nitrogens is 1. The molecule has 0 radical (unpaired) electrons. The first kappa shape index (κ1) is 19.9. The number of rotatable bonds is 7. The van der Waals surface area contributed by atoms with Gasteiger partial charge in [0.2, 0.25) is 0 Å². The molecule has 0 aliphatic carbocycles. The average molecular weight is 397 g/mol. The Bertz CT molecular complexity index is 968. The lowest BCUT2D eigenvalue weighted by Crippen LogP contribution is -2.27. The predicted molar refractivity (Wildman–Crippen MR) is 111 cm³/mol. The molecule has 1 amide bonds. The van der Waals surface area contributed by atoms with Crippen LogP contribution in [0.25, 0.3) is 0 Å². The van der Waals surface area contributed by atoms with E-state index in [1.807, 2.05) is 56.5 Å². The van der Waals surface area contributed by atoms with Crippen molar-refractivity contribution in [3.8, 4) is 11.5 Å². The number of ether oxygens (including phenoxy) is 2. The number of amides is 1. The standard InChI is InChI=1S/C22H24N2O3S/c1-14-8-9-21(26-4)20(10-14)15(2)23-22(25)17-6-5-7-19(11-17)27-12-18-13-28-16(3)24-18/h5-11,13,15H,12H2,1-4H3,(H,23,25). The Kier molecular flexibility index (Phi) is 6.31.